The Morgan fingerprint density at radius 2 is 1.95 bits per heavy atom. The van der Waals surface area contributed by atoms with Crippen LogP contribution < -0.4 is 4.90 Å². The van der Waals surface area contributed by atoms with Gasteiger partial charge in [0.05, 0.1) is 6.54 Å². The van der Waals surface area contributed by atoms with E-state index in [0.717, 1.165) is 17.0 Å². The van der Waals surface area contributed by atoms with Gasteiger partial charge in [-0.15, -0.1) is 0 Å². The summed E-state index contributed by atoms with van der Waals surface area (Å²) in [5.74, 6) is -1.12. The van der Waals surface area contributed by atoms with Gasteiger partial charge in [-0.2, -0.15) is 5.10 Å². The lowest BCUT2D eigenvalue weighted by Gasteiger charge is -2.22. The number of alkyl halides is 2. The number of carbonyl (C=O) groups is 1. The molecule has 20 heavy (non-hydrogen) atoms. The maximum Gasteiger partial charge on any atom is 0.276 e. The average molecular weight is 283 g/mol. The molecule has 0 unspecified atom stereocenters. The fraction of sp³-hybridized carbons (Fsp3) is 0.231. The Bertz CT molecular complexity index is 595. The molecule has 1 aromatic carbocycles. The third-order valence-corrected chi connectivity index (χ3v) is 2.74. The van der Waals surface area contributed by atoms with E-state index >= 15 is 0 Å². The number of hydrogen-bond donors (Lipinski definition) is 0. The lowest BCUT2D eigenvalue weighted by molar-refractivity contribution is 0.0936. The minimum absolute atomic E-state index is 0.176. The largest absolute Gasteiger partial charge is 0.301 e. The number of aryl methyl sites for hydroxylation is 1. The van der Waals surface area contributed by atoms with Gasteiger partial charge in [0, 0.05) is 18.9 Å². The lowest BCUT2D eigenvalue weighted by Crippen LogP contribution is -2.36. The Balaban J connectivity index is 2.35. The highest BCUT2D eigenvalue weighted by molar-refractivity contribution is 6.04. The summed E-state index contributed by atoms with van der Waals surface area (Å²) in [5.41, 5.74) is 0.382. The Morgan fingerprint density at radius 3 is 2.45 bits per heavy atom. The van der Waals surface area contributed by atoms with Gasteiger partial charge >= 0.3 is 0 Å². The minimum atomic E-state index is -2.70. The maximum atomic E-state index is 12.9. The van der Waals surface area contributed by atoms with Gasteiger partial charge < -0.3 is 4.90 Å². The third kappa shape index (κ3) is 2.98. The SMILES string of the molecule is Cn1nccc1C(=O)N(CC(F)F)c1ccc(F)cc1. The first kappa shape index (κ1) is 14.1. The van der Waals surface area contributed by atoms with Crippen LogP contribution in [0, 0.1) is 5.82 Å². The number of amides is 1. The van der Waals surface area contributed by atoms with E-state index in [-0.39, 0.29) is 11.4 Å². The number of aromatic nitrogens is 2. The summed E-state index contributed by atoms with van der Waals surface area (Å²) < 4.78 is 39.5. The molecule has 0 aliphatic rings. The highest BCUT2D eigenvalue weighted by atomic mass is 19.3. The predicted molar refractivity (Wildman–Crippen MR) is 67.3 cm³/mol. The maximum absolute atomic E-state index is 12.9. The molecule has 0 radical (unpaired) electrons. The van der Waals surface area contributed by atoms with Gasteiger partial charge in [0.15, 0.2) is 0 Å². The summed E-state index contributed by atoms with van der Waals surface area (Å²) in [5, 5.41) is 3.83. The second-order valence-electron chi connectivity index (χ2n) is 4.12. The number of benzene rings is 1. The van der Waals surface area contributed by atoms with E-state index in [1.807, 2.05) is 0 Å². The number of anilines is 1. The van der Waals surface area contributed by atoms with Crippen LogP contribution >= 0.6 is 0 Å². The lowest BCUT2D eigenvalue weighted by atomic mass is 10.2. The van der Waals surface area contributed by atoms with E-state index < -0.39 is 24.7 Å². The molecule has 0 bridgehead atoms. The molecule has 0 atom stereocenters. The van der Waals surface area contributed by atoms with Crippen molar-refractivity contribution in [3.8, 4) is 0 Å². The zero-order valence-corrected chi connectivity index (χ0v) is 10.6. The number of carbonyl (C=O) groups excluding carboxylic acids is 1. The van der Waals surface area contributed by atoms with E-state index in [0.29, 0.717) is 0 Å². The molecule has 1 heterocycles. The molecule has 0 fully saturated rings. The fourth-order valence-corrected chi connectivity index (χ4v) is 1.79. The van der Waals surface area contributed by atoms with Crippen LogP contribution in [0.1, 0.15) is 10.5 Å². The molecule has 0 N–H and O–H groups in total. The smallest absolute Gasteiger partial charge is 0.276 e. The van der Waals surface area contributed by atoms with Crippen molar-refractivity contribution >= 4 is 11.6 Å². The number of halogens is 3. The molecule has 0 saturated heterocycles. The molecular weight excluding hydrogens is 271 g/mol. The summed E-state index contributed by atoms with van der Waals surface area (Å²) in [4.78, 5) is 13.2. The van der Waals surface area contributed by atoms with Crippen LogP contribution in [-0.4, -0.2) is 28.7 Å². The quantitative estimate of drug-likeness (QED) is 0.864. The first-order chi connectivity index (χ1) is 9.49. The molecule has 1 aromatic heterocycles. The molecule has 1 amide bonds. The van der Waals surface area contributed by atoms with Gasteiger partial charge in [0.1, 0.15) is 11.5 Å². The summed E-state index contributed by atoms with van der Waals surface area (Å²) in [7, 11) is 1.54. The number of rotatable bonds is 4. The molecule has 106 valence electrons. The van der Waals surface area contributed by atoms with Crippen molar-refractivity contribution in [3.05, 3.63) is 48.0 Å². The van der Waals surface area contributed by atoms with Gasteiger partial charge in [0.25, 0.3) is 12.3 Å². The van der Waals surface area contributed by atoms with Crippen molar-refractivity contribution in [2.75, 3.05) is 11.4 Å². The summed E-state index contributed by atoms with van der Waals surface area (Å²) in [6.45, 7) is -0.768. The fourth-order valence-electron chi connectivity index (χ4n) is 1.79. The van der Waals surface area contributed by atoms with Crippen LogP contribution in [0.15, 0.2) is 36.5 Å². The Kier molecular flexibility index (Phi) is 4.07. The third-order valence-electron chi connectivity index (χ3n) is 2.74. The predicted octanol–water partition coefficient (Wildman–Crippen LogP) is 2.47. The van der Waals surface area contributed by atoms with E-state index in [1.54, 1.807) is 7.05 Å². The first-order valence-electron chi connectivity index (χ1n) is 5.82. The van der Waals surface area contributed by atoms with Gasteiger partial charge in [-0.3, -0.25) is 9.48 Å². The van der Waals surface area contributed by atoms with Gasteiger partial charge in [-0.05, 0) is 30.3 Å². The second kappa shape index (κ2) is 5.77. The Labute approximate surface area is 113 Å². The van der Waals surface area contributed by atoms with Crippen molar-refractivity contribution in [2.24, 2.45) is 7.05 Å². The molecule has 0 saturated carbocycles. The van der Waals surface area contributed by atoms with Gasteiger partial charge in [-0.25, -0.2) is 13.2 Å². The van der Waals surface area contributed by atoms with Crippen molar-refractivity contribution in [1.82, 2.24) is 9.78 Å². The zero-order chi connectivity index (χ0) is 14.7. The molecular formula is C13H12F3N3O. The Hall–Kier alpha value is -2.31. The molecule has 4 nitrogen and oxygen atoms in total. The second-order valence-corrected chi connectivity index (χ2v) is 4.12. The zero-order valence-electron chi connectivity index (χ0n) is 10.6. The number of nitrogens with zero attached hydrogens (tertiary/aromatic N) is 3. The molecule has 0 spiro atoms. The average Bonchev–Trinajstić information content (AvgIpc) is 2.82. The molecule has 0 aliphatic carbocycles. The molecule has 2 aromatic rings. The molecule has 2 rings (SSSR count). The van der Waals surface area contributed by atoms with Crippen LogP contribution in [0.25, 0.3) is 0 Å². The summed E-state index contributed by atoms with van der Waals surface area (Å²) in [6.07, 6.45) is -1.30. The monoisotopic (exact) mass is 283 g/mol. The van der Waals surface area contributed by atoms with Crippen LogP contribution in [-0.2, 0) is 7.05 Å². The normalized spacial score (nSPS) is 10.8. The van der Waals surface area contributed by atoms with Crippen molar-refractivity contribution in [2.45, 2.75) is 6.43 Å². The van der Waals surface area contributed by atoms with Crippen molar-refractivity contribution < 1.29 is 18.0 Å². The van der Waals surface area contributed by atoms with Gasteiger partial charge in [0.2, 0.25) is 0 Å². The summed E-state index contributed by atoms with van der Waals surface area (Å²) in [6, 6.07) is 6.23. The highest BCUT2D eigenvalue weighted by Gasteiger charge is 2.23. The summed E-state index contributed by atoms with van der Waals surface area (Å²) >= 11 is 0. The topological polar surface area (TPSA) is 38.1 Å². The van der Waals surface area contributed by atoms with Gasteiger partial charge in [-0.1, -0.05) is 0 Å². The molecule has 7 heteroatoms. The van der Waals surface area contributed by atoms with E-state index in [2.05, 4.69) is 5.10 Å². The molecule has 0 aliphatic heterocycles. The van der Waals surface area contributed by atoms with Crippen LogP contribution in [0.3, 0.4) is 0 Å². The van der Waals surface area contributed by atoms with E-state index in [1.165, 1.54) is 29.1 Å². The van der Waals surface area contributed by atoms with Crippen molar-refractivity contribution in [3.63, 3.8) is 0 Å². The van der Waals surface area contributed by atoms with E-state index in [9.17, 15) is 18.0 Å². The number of hydrogen-bond acceptors (Lipinski definition) is 2. The Morgan fingerprint density at radius 1 is 1.30 bits per heavy atom. The van der Waals surface area contributed by atoms with Crippen LogP contribution in [0.4, 0.5) is 18.9 Å². The van der Waals surface area contributed by atoms with Crippen LogP contribution in [0.5, 0.6) is 0 Å². The first-order valence-corrected chi connectivity index (χ1v) is 5.82. The van der Waals surface area contributed by atoms with E-state index in [4.69, 9.17) is 0 Å². The minimum Gasteiger partial charge on any atom is -0.301 e. The highest BCUT2D eigenvalue weighted by Crippen LogP contribution is 2.19. The standard InChI is InChI=1S/C13H12F3N3O/c1-18-11(6-7-17-18)13(20)19(8-12(15)16)10-4-2-9(14)3-5-10/h2-7,12H,8H2,1H3. The van der Waals surface area contributed by atoms with Crippen molar-refractivity contribution in [1.29, 1.82) is 0 Å². The van der Waals surface area contributed by atoms with Crippen LogP contribution in [0.2, 0.25) is 0 Å².